The summed E-state index contributed by atoms with van der Waals surface area (Å²) in [5.41, 5.74) is 2.45. The quantitative estimate of drug-likeness (QED) is 0.538. The average molecular weight is 535 g/mol. The number of pyridine rings is 1. The van der Waals surface area contributed by atoms with Gasteiger partial charge in [0.2, 0.25) is 5.91 Å². The molecule has 8 nitrogen and oxygen atoms in total. The second-order valence-corrected chi connectivity index (χ2v) is 10.6. The van der Waals surface area contributed by atoms with Crippen LogP contribution in [-0.4, -0.2) is 64.2 Å². The lowest BCUT2D eigenvalue weighted by atomic mass is 9.80. The van der Waals surface area contributed by atoms with Crippen molar-refractivity contribution >= 4 is 35.2 Å². The average Bonchev–Trinajstić information content (AvgIpc) is 3.70. The highest BCUT2D eigenvalue weighted by Crippen LogP contribution is 2.37. The maximum Gasteiger partial charge on any atom is 0.407 e. The molecule has 2 fully saturated rings. The van der Waals surface area contributed by atoms with Crippen LogP contribution < -0.4 is 10.9 Å². The van der Waals surface area contributed by atoms with Crippen molar-refractivity contribution in [3.8, 4) is 0 Å². The molecule has 0 spiro atoms. The standard InChI is InChI=1S/C26H32Cl2N4O4/c1-30-10-7-17(13-23(30)33)20-5-8-29-14-21(20)25(34)32(19-3-4-19)15-18-11-16(12-22(27)24(18)28)6-9-31(2)26(35)36/h7,10-13,19-21,29H,3-6,8-9,14-15H2,1-2H3,(H,35,36). The Kier molecular flexibility index (Phi) is 8.27. The molecule has 2 heterocycles. The van der Waals surface area contributed by atoms with E-state index in [1.165, 1.54) is 16.5 Å². The first-order valence-corrected chi connectivity index (χ1v) is 13.0. The summed E-state index contributed by atoms with van der Waals surface area (Å²) >= 11 is 13.0. The molecule has 2 aromatic rings. The molecule has 1 saturated carbocycles. The van der Waals surface area contributed by atoms with E-state index in [1.54, 1.807) is 25.4 Å². The Morgan fingerprint density at radius 1 is 1.19 bits per heavy atom. The van der Waals surface area contributed by atoms with Gasteiger partial charge in [0.1, 0.15) is 0 Å². The van der Waals surface area contributed by atoms with Crippen LogP contribution in [0.3, 0.4) is 0 Å². The predicted octanol–water partition coefficient (Wildman–Crippen LogP) is 3.73. The van der Waals surface area contributed by atoms with Gasteiger partial charge in [-0.2, -0.15) is 0 Å². The van der Waals surface area contributed by atoms with Crippen LogP contribution in [0.5, 0.6) is 0 Å². The first-order valence-electron chi connectivity index (χ1n) is 12.2. The summed E-state index contributed by atoms with van der Waals surface area (Å²) in [6, 6.07) is 7.41. The van der Waals surface area contributed by atoms with Gasteiger partial charge < -0.3 is 24.8 Å². The van der Waals surface area contributed by atoms with Gasteiger partial charge >= 0.3 is 6.09 Å². The number of aryl methyl sites for hydroxylation is 1. The minimum Gasteiger partial charge on any atom is -0.465 e. The van der Waals surface area contributed by atoms with Gasteiger partial charge in [0.15, 0.2) is 0 Å². The van der Waals surface area contributed by atoms with E-state index in [2.05, 4.69) is 5.32 Å². The molecule has 2 N–H and O–H groups in total. The highest BCUT2D eigenvalue weighted by Gasteiger charge is 2.40. The van der Waals surface area contributed by atoms with Crippen LogP contribution in [0.1, 0.15) is 41.9 Å². The number of hydrogen-bond donors (Lipinski definition) is 2. The molecule has 1 saturated heterocycles. The van der Waals surface area contributed by atoms with Crippen LogP contribution in [0.15, 0.2) is 35.3 Å². The molecule has 1 aliphatic carbocycles. The van der Waals surface area contributed by atoms with Crippen molar-refractivity contribution in [3.63, 3.8) is 0 Å². The van der Waals surface area contributed by atoms with Gasteiger partial charge in [-0.05, 0) is 67.0 Å². The molecule has 2 unspecified atom stereocenters. The number of aromatic nitrogens is 1. The number of amides is 2. The largest absolute Gasteiger partial charge is 0.465 e. The fourth-order valence-corrected chi connectivity index (χ4v) is 5.27. The van der Waals surface area contributed by atoms with Crippen molar-refractivity contribution < 1.29 is 14.7 Å². The molecule has 194 valence electrons. The lowest BCUT2D eigenvalue weighted by Crippen LogP contribution is -2.47. The summed E-state index contributed by atoms with van der Waals surface area (Å²) in [6.07, 6.45) is 3.92. The normalized spacial score (nSPS) is 19.7. The Labute approximate surface area is 220 Å². The maximum atomic E-state index is 13.9. The Balaban J connectivity index is 1.57. The number of likely N-dealkylation sites (N-methyl/N-ethyl adjacent to an activating group) is 1. The van der Waals surface area contributed by atoms with Gasteiger partial charge in [-0.15, -0.1) is 0 Å². The Morgan fingerprint density at radius 2 is 1.94 bits per heavy atom. The molecule has 2 aliphatic rings. The third-order valence-corrected chi connectivity index (χ3v) is 8.03. The number of nitrogens with zero attached hydrogens (tertiary/aromatic N) is 3. The minimum absolute atomic E-state index is 0.0362. The Bertz CT molecular complexity index is 1200. The van der Waals surface area contributed by atoms with Gasteiger partial charge in [-0.3, -0.25) is 9.59 Å². The van der Waals surface area contributed by atoms with Crippen molar-refractivity contribution in [1.82, 2.24) is 19.7 Å². The molecule has 36 heavy (non-hydrogen) atoms. The van der Waals surface area contributed by atoms with Crippen molar-refractivity contribution in [2.75, 3.05) is 26.7 Å². The highest BCUT2D eigenvalue weighted by atomic mass is 35.5. The molecule has 1 aliphatic heterocycles. The number of carbonyl (C=O) groups excluding carboxylic acids is 1. The summed E-state index contributed by atoms with van der Waals surface area (Å²) in [4.78, 5) is 40.5. The van der Waals surface area contributed by atoms with Crippen LogP contribution in [-0.2, 0) is 24.8 Å². The summed E-state index contributed by atoms with van der Waals surface area (Å²) in [5, 5.41) is 13.3. The van der Waals surface area contributed by atoms with E-state index >= 15 is 0 Å². The van der Waals surface area contributed by atoms with Crippen molar-refractivity contribution in [2.45, 2.75) is 44.2 Å². The second-order valence-electron chi connectivity index (χ2n) is 9.82. The van der Waals surface area contributed by atoms with E-state index in [0.29, 0.717) is 36.1 Å². The number of hydrogen-bond acceptors (Lipinski definition) is 4. The van der Waals surface area contributed by atoms with E-state index in [4.69, 9.17) is 28.3 Å². The molecule has 0 bridgehead atoms. The van der Waals surface area contributed by atoms with E-state index < -0.39 is 6.09 Å². The lowest BCUT2D eigenvalue weighted by Gasteiger charge is -2.36. The Morgan fingerprint density at radius 3 is 2.61 bits per heavy atom. The van der Waals surface area contributed by atoms with Gasteiger partial charge in [-0.1, -0.05) is 29.3 Å². The van der Waals surface area contributed by atoms with Crippen LogP contribution in [0.25, 0.3) is 0 Å². The molecule has 0 radical (unpaired) electrons. The number of piperidine rings is 1. The van der Waals surface area contributed by atoms with E-state index in [-0.39, 0.29) is 29.3 Å². The van der Waals surface area contributed by atoms with Crippen molar-refractivity contribution in [1.29, 1.82) is 0 Å². The van der Waals surface area contributed by atoms with Gasteiger partial charge in [0.05, 0.1) is 16.0 Å². The monoisotopic (exact) mass is 534 g/mol. The van der Waals surface area contributed by atoms with Crippen LogP contribution in [0.2, 0.25) is 10.0 Å². The number of carboxylic acid groups (broad SMARTS) is 1. The van der Waals surface area contributed by atoms with E-state index in [1.807, 2.05) is 17.0 Å². The van der Waals surface area contributed by atoms with Crippen molar-refractivity contribution in [3.05, 3.63) is 67.6 Å². The first-order chi connectivity index (χ1) is 17.2. The molecule has 2 amide bonds. The fraction of sp³-hybridized carbons (Fsp3) is 0.500. The molecular formula is C26H32Cl2N4O4. The van der Waals surface area contributed by atoms with Crippen LogP contribution in [0, 0.1) is 5.92 Å². The molecule has 10 heteroatoms. The minimum atomic E-state index is -0.993. The van der Waals surface area contributed by atoms with Gasteiger partial charge in [0, 0.05) is 52.0 Å². The third kappa shape index (κ3) is 6.05. The first kappa shape index (κ1) is 26.5. The molecule has 4 rings (SSSR count). The topological polar surface area (TPSA) is 94.9 Å². The number of carbonyl (C=O) groups is 2. The SMILES string of the molecule is CN(CCc1cc(Cl)c(Cl)c(CN(C(=O)C2CNCCC2c2ccn(C)c(=O)c2)C2CC2)c1)C(=O)O. The molecule has 1 aromatic heterocycles. The van der Waals surface area contributed by atoms with Gasteiger partial charge in [0.25, 0.3) is 5.56 Å². The molecule has 2 atom stereocenters. The van der Waals surface area contributed by atoms with Crippen LogP contribution >= 0.6 is 23.2 Å². The second kappa shape index (κ2) is 11.2. The van der Waals surface area contributed by atoms with Gasteiger partial charge in [-0.25, -0.2) is 4.79 Å². The number of rotatable bonds is 8. The molecule has 1 aromatic carbocycles. The third-order valence-electron chi connectivity index (χ3n) is 7.19. The van der Waals surface area contributed by atoms with E-state index in [0.717, 1.165) is 42.5 Å². The maximum absolute atomic E-state index is 13.9. The van der Waals surface area contributed by atoms with E-state index in [9.17, 15) is 14.4 Å². The fourth-order valence-electron chi connectivity index (χ4n) is 4.84. The summed E-state index contributed by atoms with van der Waals surface area (Å²) < 4.78 is 1.53. The zero-order valence-electron chi connectivity index (χ0n) is 20.5. The number of benzene rings is 1. The summed E-state index contributed by atoms with van der Waals surface area (Å²) in [7, 11) is 3.24. The smallest absolute Gasteiger partial charge is 0.407 e. The summed E-state index contributed by atoms with van der Waals surface area (Å²) in [6.45, 7) is 2.01. The predicted molar refractivity (Wildman–Crippen MR) is 140 cm³/mol. The lowest BCUT2D eigenvalue weighted by molar-refractivity contribution is -0.138. The Hall–Kier alpha value is -2.55. The summed E-state index contributed by atoms with van der Waals surface area (Å²) in [5.74, 6) is -0.266. The number of halogens is 2. The highest BCUT2D eigenvalue weighted by molar-refractivity contribution is 6.42. The van der Waals surface area contributed by atoms with Crippen LogP contribution in [0.4, 0.5) is 4.79 Å². The number of nitrogens with one attached hydrogen (secondary N) is 1. The van der Waals surface area contributed by atoms with Crippen molar-refractivity contribution in [2.24, 2.45) is 13.0 Å². The molecular weight excluding hydrogens is 503 g/mol. The zero-order chi connectivity index (χ0) is 26.0. The zero-order valence-corrected chi connectivity index (χ0v) is 22.1.